The lowest BCUT2D eigenvalue weighted by molar-refractivity contribution is -0.141. The number of halogens is 2. The third-order valence-corrected chi connectivity index (χ3v) is 10.6. The molecule has 3 aromatic carbocycles. The summed E-state index contributed by atoms with van der Waals surface area (Å²) in [5.74, 6) is -5.55. The van der Waals surface area contributed by atoms with Gasteiger partial charge in [-0.3, -0.25) is 29.5 Å². The average molecular weight is 642 g/mol. The Bertz CT molecular complexity index is 1810. The molecule has 236 valence electrons. The summed E-state index contributed by atoms with van der Waals surface area (Å²) in [5, 5.41) is 13.0. The van der Waals surface area contributed by atoms with Gasteiger partial charge in [-0.25, -0.2) is 4.39 Å². The number of nitrogens with zero attached hydrogens (tertiary/aromatic N) is 2. The summed E-state index contributed by atoms with van der Waals surface area (Å²) in [4.78, 5) is 58.4. The molecule has 4 amide bonds. The van der Waals surface area contributed by atoms with Crippen LogP contribution in [0.2, 0.25) is 5.02 Å². The summed E-state index contributed by atoms with van der Waals surface area (Å²) in [6.07, 6.45) is 3.04. The molecule has 2 N–H and O–H groups in total. The fourth-order valence-electron chi connectivity index (χ4n) is 8.42. The fraction of sp³-hybridized carbons (Fsp3) is 0.333. The van der Waals surface area contributed by atoms with Gasteiger partial charge >= 0.3 is 0 Å². The zero-order valence-electron chi connectivity index (χ0n) is 25.4. The largest absolute Gasteiger partial charge is 0.507 e. The van der Waals surface area contributed by atoms with Gasteiger partial charge in [0.25, 0.3) is 11.8 Å². The van der Waals surface area contributed by atoms with E-state index in [9.17, 15) is 23.9 Å². The van der Waals surface area contributed by atoms with E-state index in [2.05, 4.69) is 5.43 Å². The Morgan fingerprint density at radius 3 is 2.37 bits per heavy atom. The standard InChI is InChI=1S/C36H33ClFN3O5/c1-3-17-40-32(43)25-16-15-24-27(29(25)34(40)45)18-28-33(44)41(39-23-13-11-22(38)12-14-23)35(46)36(28,20-7-9-21(37)10-8-20)30(24)26-6-4-5-19(2)31(26)42/h4-15,25,27-30,39,42H,3,16-18H2,1-2H3/t25-,27+,28-,29-,30+,36+/m0/s1. The number of imide groups is 2. The van der Waals surface area contributed by atoms with Crippen LogP contribution in [0.15, 0.2) is 78.4 Å². The number of hydrogen-bond acceptors (Lipinski definition) is 6. The molecular weight excluding hydrogens is 609 g/mol. The maximum absolute atomic E-state index is 15.1. The van der Waals surface area contributed by atoms with Crippen molar-refractivity contribution in [3.8, 4) is 5.75 Å². The average Bonchev–Trinajstić information content (AvgIpc) is 3.41. The lowest BCUT2D eigenvalue weighted by Gasteiger charge is -2.50. The number of para-hydroxylation sites is 1. The van der Waals surface area contributed by atoms with Crippen molar-refractivity contribution in [1.82, 2.24) is 9.91 Å². The van der Waals surface area contributed by atoms with E-state index in [1.165, 1.54) is 29.2 Å². The summed E-state index contributed by atoms with van der Waals surface area (Å²) in [7, 11) is 0. The molecule has 8 nitrogen and oxygen atoms in total. The molecule has 2 heterocycles. The highest BCUT2D eigenvalue weighted by atomic mass is 35.5. The highest BCUT2D eigenvalue weighted by molar-refractivity contribution is 6.30. The monoisotopic (exact) mass is 641 g/mol. The fourth-order valence-corrected chi connectivity index (χ4v) is 8.55. The summed E-state index contributed by atoms with van der Waals surface area (Å²) >= 11 is 6.31. The predicted octanol–water partition coefficient (Wildman–Crippen LogP) is 5.89. The number of hydrazine groups is 1. The molecular formula is C36H33ClFN3O5. The number of phenols is 1. The molecule has 0 bridgehead atoms. The maximum atomic E-state index is 15.1. The number of nitrogens with one attached hydrogen (secondary N) is 1. The van der Waals surface area contributed by atoms with E-state index >= 15 is 4.79 Å². The molecule has 3 aromatic rings. The smallest absolute Gasteiger partial charge is 0.260 e. The van der Waals surface area contributed by atoms with Gasteiger partial charge in [-0.15, -0.1) is 0 Å². The van der Waals surface area contributed by atoms with Crippen LogP contribution in [0, 0.1) is 36.4 Å². The number of aromatic hydroxyl groups is 1. The quantitative estimate of drug-likeness (QED) is 0.257. The highest BCUT2D eigenvalue weighted by Gasteiger charge is 2.70. The van der Waals surface area contributed by atoms with Gasteiger partial charge < -0.3 is 5.11 Å². The predicted molar refractivity (Wildman–Crippen MR) is 169 cm³/mol. The van der Waals surface area contributed by atoms with Crippen LogP contribution in [0.4, 0.5) is 10.1 Å². The molecule has 0 aromatic heterocycles. The normalized spacial score (nSPS) is 28.6. The Morgan fingerprint density at radius 2 is 1.67 bits per heavy atom. The Balaban J connectivity index is 1.47. The lowest BCUT2D eigenvalue weighted by atomic mass is 9.49. The van der Waals surface area contributed by atoms with Gasteiger partial charge in [0.05, 0.1) is 28.9 Å². The number of carbonyl (C=O) groups is 4. The zero-order valence-corrected chi connectivity index (χ0v) is 26.1. The van der Waals surface area contributed by atoms with Crippen molar-refractivity contribution in [2.24, 2.45) is 23.7 Å². The SMILES string of the molecule is CCCN1C(=O)[C@H]2[C@H](CC=C3[C@H]2C[C@H]2C(=O)N(Nc4ccc(F)cc4)C(=O)[C@@]2(c2ccc(Cl)cc2)[C@H]3c2cccc(C)c2O)C1=O. The van der Waals surface area contributed by atoms with Crippen molar-refractivity contribution in [1.29, 1.82) is 0 Å². The summed E-state index contributed by atoms with van der Waals surface area (Å²) in [5.41, 5.74) is 4.08. The molecule has 10 heteroatoms. The van der Waals surface area contributed by atoms with Crippen molar-refractivity contribution in [2.75, 3.05) is 12.0 Å². The number of likely N-dealkylation sites (tertiary alicyclic amines) is 1. The van der Waals surface area contributed by atoms with E-state index < -0.39 is 52.6 Å². The first-order chi connectivity index (χ1) is 22.1. The third kappa shape index (κ3) is 4.24. The van der Waals surface area contributed by atoms with Gasteiger partial charge in [0.2, 0.25) is 11.8 Å². The van der Waals surface area contributed by atoms with E-state index in [1.54, 1.807) is 49.4 Å². The van der Waals surface area contributed by atoms with E-state index in [1.807, 2.05) is 13.0 Å². The van der Waals surface area contributed by atoms with Crippen molar-refractivity contribution in [3.05, 3.63) is 106 Å². The second kappa shape index (κ2) is 11.1. The molecule has 6 atom stereocenters. The number of hydrogen-bond donors (Lipinski definition) is 2. The molecule has 46 heavy (non-hydrogen) atoms. The number of amides is 4. The van der Waals surface area contributed by atoms with Crippen molar-refractivity contribution < 1.29 is 28.7 Å². The minimum absolute atomic E-state index is 0.00473. The van der Waals surface area contributed by atoms with Crippen LogP contribution in [0.5, 0.6) is 5.75 Å². The number of anilines is 1. The first kappa shape index (κ1) is 30.2. The summed E-state index contributed by atoms with van der Waals surface area (Å²) in [6, 6.07) is 17.5. The van der Waals surface area contributed by atoms with Crippen LogP contribution in [-0.4, -0.2) is 45.2 Å². The minimum Gasteiger partial charge on any atom is -0.507 e. The van der Waals surface area contributed by atoms with E-state index in [0.717, 1.165) is 10.6 Å². The molecule has 2 saturated heterocycles. The minimum atomic E-state index is -1.54. The van der Waals surface area contributed by atoms with Crippen molar-refractivity contribution in [2.45, 2.75) is 44.4 Å². The molecule has 2 aliphatic carbocycles. The second-order valence-electron chi connectivity index (χ2n) is 12.7. The van der Waals surface area contributed by atoms with Gasteiger partial charge in [0, 0.05) is 23.0 Å². The Morgan fingerprint density at radius 1 is 0.957 bits per heavy atom. The van der Waals surface area contributed by atoms with Crippen molar-refractivity contribution in [3.63, 3.8) is 0 Å². The molecule has 3 fully saturated rings. The Hall–Kier alpha value is -4.50. The first-order valence-corrected chi connectivity index (χ1v) is 16.0. The number of phenolic OH excluding ortho intramolecular Hbond substituents is 1. The Kier molecular flexibility index (Phi) is 7.27. The molecule has 7 rings (SSSR count). The van der Waals surface area contributed by atoms with E-state index in [4.69, 9.17) is 11.6 Å². The van der Waals surface area contributed by atoms with Gasteiger partial charge in [-0.2, -0.15) is 5.01 Å². The first-order valence-electron chi connectivity index (χ1n) is 15.6. The number of rotatable bonds is 6. The van der Waals surface area contributed by atoms with Gasteiger partial charge in [0.15, 0.2) is 0 Å². The molecule has 4 aliphatic rings. The summed E-state index contributed by atoms with van der Waals surface area (Å²) < 4.78 is 13.8. The second-order valence-corrected chi connectivity index (χ2v) is 13.2. The van der Waals surface area contributed by atoms with Crippen LogP contribution in [0.25, 0.3) is 0 Å². The molecule has 0 unspecified atom stereocenters. The van der Waals surface area contributed by atoms with Crippen LogP contribution >= 0.6 is 11.6 Å². The van der Waals surface area contributed by atoms with E-state index in [-0.39, 0.29) is 24.0 Å². The highest BCUT2D eigenvalue weighted by Crippen LogP contribution is 2.65. The van der Waals surface area contributed by atoms with E-state index in [0.29, 0.717) is 46.8 Å². The summed E-state index contributed by atoms with van der Waals surface area (Å²) in [6.45, 7) is 4.00. The zero-order chi connectivity index (χ0) is 32.5. The van der Waals surface area contributed by atoms with Gasteiger partial charge in [0.1, 0.15) is 11.6 Å². The molecule has 0 radical (unpaired) electrons. The van der Waals surface area contributed by atoms with Crippen molar-refractivity contribution >= 4 is 40.9 Å². The van der Waals surface area contributed by atoms with Crippen LogP contribution in [-0.2, 0) is 24.6 Å². The molecule has 1 saturated carbocycles. The lowest BCUT2D eigenvalue weighted by Crippen LogP contribution is -2.53. The van der Waals surface area contributed by atoms with Crippen LogP contribution in [0.1, 0.15) is 48.8 Å². The Labute approximate surface area is 270 Å². The molecule has 2 aliphatic heterocycles. The van der Waals surface area contributed by atoms with Crippen LogP contribution < -0.4 is 5.43 Å². The number of benzene rings is 3. The number of carbonyl (C=O) groups excluding carboxylic acids is 4. The maximum Gasteiger partial charge on any atom is 0.260 e. The number of allylic oxidation sites excluding steroid dienone is 2. The number of fused-ring (bicyclic) bond motifs is 4. The third-order valence-electron chi connectivity index (χ3n) is 10.4. The molecule has 0 spiro atoms. The van der Waals surface area contributed by atoms with Crippen LogP contribution in [0.3, 0.4) is 0 Å². The number of aryl methyl sites for hydroxylation is 1. The van der Waals surface area contributed by atoms with Gasteiger partial charge in [-0.05, 0) is 79.6 Å². The topological polar surface area (TPSA) is 107 Å². The van der Waals surface area contributed by atoms with Gasteiger partial charge in [-0.1, -0.05) is 60.5 Å².